The maximum Gasteiger partial charge on any atom is 0.338 e. The van der Waals surface area contributed by atoms with Crippen molar-refractivity contribution >= 4 is 40.8 Å². The third-order valence-electron chi connectivity index (χ3n) is 4.71. The van der Waals surface area contributed by atoms with Crippen LogP contribution < -0.4 is 9.64 Å². The zero-order valence-electron chi connectivity index (χ0n) is 17.8. The molecule has 7 heteroatoms. The minimum Gasteiger partial charge on any atom is -0.494 e. The van der Waals surface area contributed by atoms with Crippen LogP contribution in [0.3, 0.4) is 0 Å². The van der Waals surface area contributed by atoms with Gasteiger partial charge in [0, 0.05) is 26.9 Å². The van der Waals surface area contributed by atoms with Gasteiger partial charge in [-0.3, -0.25) is 4.79 Å². The molecule has 166 valence electrons. The molecule has 1 amide bonds. The van der Waals surface area contributed by atoms with Crippen LogP contribution >= 0.6 is 23.2 Å². The average Bonchev–Trinajstić information content (AvgIpc) is 2.79. The van der Waals surface area contributed by atoms with Crippen molar-refractivity contribution in [1.29, 1.82) is 0 Å². The molecular weight excluding hydrogens is 449 g/mol. The molecule has 0 spiro atoms. The number of amides is 1. The van der Waals surface area contributed by atoms with Crippen LogP contribution in [0.25, 0.3) is 0 Å². The second kappa shape index (κ2) is 11.0. The fourth-order valence-electron chi connectivity index (χ4n) is 3.16. The van der Waals surface area contributed by atoms with Gasteiger partial charge in [-0.2, -0.15) is 0 Å². The van der Waals surface area contributed by atoms with Crippen molar-refractivity contribution in [3.63, 3.8) is 0 Å². The molecule has 32 heavy (non-hydrogen) atoms. The van der Waals surface area contributed by atoms with E-state index in [0.717, 1.165) is 0 Å². The van der Waals surface area contributed by atoms with Gasteiger partial charge in [0.2, 0.25) is 0 Å². The van der Waals surface area contributed by atoms with E-state index in [1.54, 1.807) is 78.6 Å². The summed E-state index contributed by atoms with van der Waals surface area (Å²) in [4.78, 5) is 27.1. The number of nitrogens with zero attached hydrogens (tertiary/aromatic N) is 1. The van der Waals surface area contributed by atoms with Gasteiger partial charge in [0.25, 0.3) is 5.91 Å². The largest absolute Gasteiger partial charge is 0.494 e. The van der Waals surface area contributed by atoms with E-state index in [2.05, 4.69) is 0 Å². The molecule has 3 rings (SSSR count). The van der Waals surface area contributed by atoms with Gasteiger partial charge in [-0.1, -0.05) is 35.3 Å². The van der Waals surface area contributed by atoms with Gasteiger partial charge in [-0.05, 0) is 68.4 Å². The molecule has 0 saturated heterocycles. The van der Waals surface area contributed by atoms with Crippen molar-refractivity contribution in [1.82, 2.24) is 0 Å². The number of hydrogen-bond acceptors (Lipinski definition) is 4. The number of carbonyl (C=O) groups excluding carboxylic acids is 2. The average molecular weight is 472 g/mol. The van der Waals surface area contributed by atoms with Gasteiger partial charge in [0.15, 0.2) is 0 Å². The molecule has 0 N–H and O–H groups in total. The molecule has 0 saturated carbocycles. The van der Waals surface area contributed by atoms with E-state index in [-0.39, 0.29) is 19.1 Å². The van der Waals surface area contributed by atoms with E-state index in [4.69, 9.17) is 32.7 Å². The third kappa shape index (κ3) is 5.61. The zero-order valence-corrected chi connectivity index (χ0v) is 19.3. The smallest absolute Gasteiger partial charge is 0.338 e. The van der Waals surface area contributed by atoms with Crippen LogP contribution in [0, 0.1) is 0 Å². The van der Waals surface area contributed by atoms with Gasteiger partial charge < -0.3 is 14.4 Å². The van der Waals surface area contributed by atoms with Crippen molar-refractivity contribution in [2.75, 3.05) is 18.1 Å². The van der Waals surface area contributed by atoms with Crippen LogP contribution in [0.4, 0.5) is 5.69 Å². The molecule has 5 nitrogen and oxygen atoms in total. The first-order chi connectivity index (χ1) is 15.4. The molecule has 0 aromatic heterocycles. The van der Waals surface area contributed by atoms with Gasteiger partial charge in [0.1, 0.15) is 5.75 Å². The molecule has 0 aliphatic rings. The molecule has 0 aliphatic heterocycles. The summed E-state index contributed by atoms with van der Waals surface area (Å²) in [7, 11) is 0. The summed E-state index contributed by atoms with van der Waals surface area (Å²) in [6.45, 7) is 4.55. The lowest BCUT2D eigenvalue weighted by Crippen LogP contribution is -2.30. The van der Waals surface area contributed by atoms with Gasteiger partial charge >= 0.3 is 5.97 Å². The predicted octanol–water partition coefficient (Wildman–Crippen LogP) is 6.42. The van der Waals surface area contributed by atoms with E-state index in [1.165, 1.54) is 0 Å². The monoisotopic (exact) mass is 471 g/mol. The highest BCUT2D eigenvalue weighted by Crippen LogP contribution is 2.29. The molecule has 0 unspecified atom stereocenters. The molecule has 0 atom stereocenters. The minimum atomic E-state index is -0.421. The summed E-state index contributed by atoms with van der Waals surface area (Å²) < 4.78 is 10.6. The Labute approximate surface area is 197 Å². The topological polar surface area (TPSA) is 55.8 Å². The van der Waals surface area contributed by atoms with Crippen LogP contribution in [-0.2, 0) is 11.3 Å². The highest BCUT2D eigenvalue weighted by Gasteiger charge is 2.22. The Morgan fingerprint density at radius 1 is 0.844 bits per heavy atom. The van der Waals surface area contributed by atoms with Crippen molar-refractivity contribution in [3.8, 4) is 5.75 Å². The fourth-order valence-corrected chi connectivity index (χ4v) is 3.67. The number of anilines is 1. The fraction of sp³-hybridized carbons (Fsp3) is 0.200. The SMILES string of the molecule is CCOC(=O)c1ccc(N(Cc2c(Cl)cccc2Cl)C(=O)c2cccc(OCC)c2)cc1. The number of ether oxygens (including phenoxy) is 2. The Balaban J connectivity index is 2.00. The lowest BCUT2D eigenvalue weighted by molar-refractivity contribution is 0.0526. The lowest BCUT2D eigenvalue weighted by atomic mass is 10.1. The zero-order chi connectivity index (χ0) is 23.1. The Morgan fingerprint density at radius 2 is 1.50 bits per heavy atom. The van der Waals surface area contributed by atoms with Gasteiger partial charge in [-0.25, -0.2) is 4.79 Å². The summed E-state index contributed by atoms with van der Waals surface area (Å²) in [5.41, 5.74) is 2.06. The summed E-state index contributed by atoms with van der Waals surface area (Å²) in [5, 5.41) is 0.919. The summed E-state index contributed by atoms with van der Waals surface area (Å²) >= 11 is 12.8. The highest BCUT2D eigenvalue weighted by molar-refractivity contribution is 6.36. The molecule has 0 aliphatic carbocycles. The van der Waals surface area contributed by atoms with Crippen LogP contribution in [0.2, 0.25) is 10.0 Å². The first-order valence-electron chi connectivity index (χ1n) is 10.2. The second-order valence-electron chi connectivity index (χ2n) is 6.82. The summed E-state index contributed by atoms with van der Waals surface area (Å²) in [6.07, 6.45) is 0. The number of halogens is 2. The summed E-state index contributed by atoms with van der Waals surface area (Å²) in [5.74, 6) is -0.0753. The molecule has 0 heterocycles. The third-order valence-corrected chi connectivity index (χ3v) is 5.41. The number of carbonyl (C=O) groups is 2. The Hall–Kier alpha value is -3.02. The first-order valence-corrected chi connectivity index (χ1v) is 10.9. The maximum absolute atomic E-state index is 13.5. The quantitative estimate of drug-likeness (QED) is 0.355. The van der Waals surface area contributed by atoms with Crippen LogP contribution in [0.5, 0.6) is 5.75 Å². The van der Waals surface area contributed by atoms with Crippen molar-refractivity contribution in [3.05, 3.63) is 93.5 Å². The molecule has 0 bridgehead atoms. The molecule has 0 fully saturated rings. The first kappa shape index (κ1) is 23.6. The Kier molecular flexibility index (Phi) is 8.14. The minimum absolute atomic E-state index is 0.148. The maximum atomic E-state index is 13.5. The van der Waals surface area contributed by atoms with Gasteiger partial charge in [0.05, 0.1) is 25.3 Å². The second-order valence-corrected chi connectivity index (χ2v) is 7.63. The van der Waals surface area contributed by atoms with E-state index in [1.807, 2.05) is 6.92 Å². The van der Waals surface area contributed by atoms with Gasteiger partial charge in [-0.15, -0.1) is 0 Å². The van der Waals surface area contributed by atoms with E-state index in [9.17, 15) is 9.59 Å². The normalized spacial score (nSPS) is 10.5. The number of rotatable bonds is 8. The molecular formula is C25H23Cl2NO4. The predicted molar refractivity (Wildman–Crippen MR) is 127 cm³/mol. The highest BCUT2D eigenvalue weighted by atomic mass is 35.5. The molecule has 0 radical (unpaired) electrons. The Bertz CT molecular complexity index is 1080. The van der Waals surface area contributed by atoms with E-state index >= 15 is 0 Å². The van der Waals surface area contributed by atoms with Crippen molar-refractivity contribution in [2.45, 2.75) is 20.4 Å². The van der Waals surface area contributed by atoms with E-state index in [0.29, 0.717) is 44.8 Å². The van der Waals surface area contributed by atoms with Crippen LogP contribution in [-0.4, -0.2) is 25.1 Å². The standard InChI is InChI=1S/C25H23Cl2NO4/c1-3-31-20-8-5-7-18(15-20)24(29)28(16-21-22(26)9-6-10-23(21)27)19-13-11-17(12-14-19)25(30)32-4-2/h5-15H,3-4,16H2,1-2H3. The van der Waals surface area contributed by atoms with Crippen LogP contribution in [0.1, 0.15) is 40.1 Å². The van der Waals surface area contributed by atoms with Crippen molar-refractivity contribution < 1.29 is 19.1 Å². The Morgan fingerprint density at radius 3 is 2.12 bits per heavy atom. The molecule has 3 aromatic rings. The summed E-state index contributed by atoms with van der Waals surface area (Å²) in [6, 6.07) is 18.8. The lowest BCUT2D eigenvalue weighted by Gasteiger charge is -2.24. The number of hydrogen-bond donors (Lipinski definition) is 0. The van der Waals surface area contributed by atoms with Crippen molar-refractivity contribution in [2.24, 2.45) is 0 Å². The van der Waals surface area contributed by atoms with Crippen LogP contribution in [0.15, 0.2) is 66.7 Å². The molecule has 3 aromatic carbocycles. The number of benzene rings is 3. The van der Waals surface area contributed by atoms with E-state index < -0.39 is 5.97 Å². The number of esters is 1.